The largest absolute Gasteiger partial charge is 0.492 e. The number of methoxy groups -OCH3 is 1. The standard InChI is InChI=1S/C31H39N3O6S/c1-20-7-9-22(15-28(20)40-25-11-13-32-24(18-25)10-8-21-12-14-39-19-21)30(35)33-26-16-23(31(2,3)4)17-27(29(26)38-5)34-41(6,36)37/h7,9,11,13,15-18,21,34H,8,10,12,14,19H2,1-6H3,(H,33,35). The Morgan fingerprint density at radius 1 is 1.12 bits per heavy atom. The van der Waals surface area contributed by atoms with Gasteiger partial charge in [-0.25, -0.2) is 8.42 Å². The molecule has 1 saturated heterocycles. The van der Waals surface area contributed by atoms with Crippen LogP contribution >= 0.6 is 0 Å². The second-order valence-electron chi connectivity index (χ2n) is 11.5. The molecule has 41 heavy (non-hydrogen) atoms. The molecule has 1 amide bonds. The average Bonchev–Trinajstić information content (AvgIpc) is 3.41. The van der Waals surface area contributed by atoms with Crippen molar-refractivity contribution in [2.75, 3.05) is 36.6 Å². The third kappa shape index (κ3) is 8.20. The number of hydrogen-bond acceptors (Lipinski definition) is 7. The number of aromatic nitrogens is 1. The third-order valence-electron chi connectivity index (χ3n) is 7.00. The van der Waals surface area contributed by atoms with Crippen LogP contribution in [0.3, 0.4) is 0 Å². The van der Waals surface area contributed by atoms with E-state index in [4.69, 9.17) is 14.2 Å². The molecule has 10 heteroatoms. The van der Waals surface area contributed by atoms with E-state index in [1.165, 1.54) is 7.11 Å². The molecule has 0 aliphatic carbocycles. The number of nitrogens with one attached hydrogen (secondary N) is 2. The van der Waals surface area contributed by atoms with E-state index in [9.17, 15) is 13.2 Å². The Labute approximate surface area is 242 Å². The number of amides is 1. The number of benzene rings is 2. The first-order valence-corrected chi connectivity index (χ1v) is 15.5. The van der Waals surface area contributed by atoms with Gasteiger partial charge in [0.2, 0.25) is 10.0 Å². The number of hydrogen-bond donors (Lipinski definition) is 2. The van der Waals surface area contributed by atoms with Crippen LogP contribution < -0.4 is 19.5 Å². The van der Waals surface area contributed by atoms with E-state index in [0.717, 1.165) is 55.6 Å². The van der Waals surface area contributed by atoms with Gasteiger partial charge in [0.1, 0.15) is 11.5 Å². The molecule has 1 unspecified atom stereocenters. The molecule has 1 atom stereocenters. The van der Waals surface area contributed by atoms with Gasteiger partial charge in [-0.05, 0) is 79.0 Å². The van der Waals surface area contributed by atoms with Gasteiger partial charge in [0.25, 0.3) is 5.91 Å². The Morgan fingerprint density at radius 3 is 2.54 bits per heavy atom. The molecule has 3 aromatic rings. The SMILES string of the molecule is COc1c(NC(=O)c2ccc(C)c(Oc3ccnc(CCC4CCOC4)c3)c2)cc(C(C)(C)C)cc1NS(C)(=O)=O. The zero-order chi connectivity index (χ0) is 29.8. The molecule has 2 N–H and O–H groups in total. The van der Waals surface area contributed by atoms with Crippen LogP contribution in [0.15, 0.2) is 48.7 Å². The molecular weight excluding hydrogens is 542 g/mol. The second-order valence-corrected chi connectivity index (χ2v) is 13.3. The second kappa shape index (κ2) is 12.5. The van der Waals surface area contributed by atoms with Crippen molar-refractivity contribution in [1.29, 1.82) is 0 Å². The van der Waals surface area contributed by atoms with Crippen LogP contribution in [0.4, 0.5) is 11.4 Å². The summed E-state index contributed by atoms with van der Waals surface area (Å²) in [7, 11) is -2.16. The molecule has 1 aliphatic heterocycles. The van der Waals surface area contributed by atoms with Gasteiger partial charge in [-0.1, -0.05) is 26.8 Å². The Balaban J connectivity index is 1.57. The van der Waals surface area contributed by atoms with E-state index < -0.39 is 15.9 Å². The van der Waals surface area contributed by atoms with Crippen LogP contribution in [-0.2, 0) is 26.6 Å². The first-order valence-electron chi connectivity index (χ1n) is 13.6. The first kappa shape index (κ1) is 30.3. The van der Waals surface area contributed by atoms with Crippen LogP contribution in [-0.4, -0.2) is 45.9 Å². The summed E-state index contributed by atoms with van der Waals surface area (Å²) >= 11 is 0. The van der Waals surface area contributed by atoms with Crippen molar-refractivity contribution in [3.05, 3.63) is 71.0 Å². The van der Waals surface area contributed by atoms with E-state index in [0.29, 0.717) is 28.7 Å². The summed E-state index contributed by atoms with van der Waals surface area (Å²) in [4.78, 5) is 17.9. The van der Waals surface area contributed by atoms with E-state index in [1.807, 2.05) is 39.8 Å². The maximum Gasteiger partial charge on any atom is 0.255 e. The highest BCUT2D eigenvalue weighted by atomic mass is 32.2. The van der Waals surface area contributed by atoms with E-state index in [1.54, 1.807) is 36.5 Å². The van der Waals surface area contributed by atoms with E-state index in [-0.39, 0.29) is 16.9 Å². The molecule has 9 nitrogen and oxygen atoms in total. The molecule has 220 valence electrons. The maximum atomic E-state index is 13.4. The average molecular weight is 582 g/mol. The lowest BCUT2D eigenvalue weighted by Crippen LogP contribution is -2.18. The first-order chi connectivity index (χ1) is 19.3. The zero-order valence-corrected chi connectivity index (χ0v) is 25.4. The van der Waals surface area contributed by atoms with Crippen molar-refractivity contribution in [2.24, 2.45) is 5.92 Å². The topological polar surface area (TPSA) is 116 Å². The minimum absolute atomic E-state index is 0.217. The number of anilines is 2. The summed E-state index contributed by atoms with van der Waals surface area (Å²) in [5.74, 6) is 1.59. The van der Waals surface area contributed by atoms with Gasteiger partial charge >= 0.3 is 0 Å². The summed E-state index contributed by atoms with van der Waals surface area (Å²) in [5.41, 5.74) is 3.30. The summed E-state index contributed by atoms with van der Waals surface area (Å²) in [6, 6.07) is 12.5. The fraction of sp³-hybridized carbons (Fsp3) is 0.419. The molecular formula is C31H39N3O6S. The molecule has 0 bridgehead atoms. The maximum absolute atomic E-state index is 13.4. The lowest BCUT2D eigenvalue weighted by atomic mass is 9.86. The lowest BCUT2D eigenvalue weighted by molar-refractivity contribution is 0.102. The van der Waals surface area contributed by atoms with Crippen LogP contribution in [0, 0.1) is 12.8 Å². The van der Waals surface area contributed by atoms with Crippen molar-refractivity contribution in [2.45, 2.75) is 52.4 Å². The molecule has 0 spiro atoms. The Hall–Kier alpha value is -3.63. The van der Waals surface area contributed by atoms with Crippen molar-refractivity contribution < 1.29 is 27.4 Å². The fourth-order valence-electron chi connectivity index (χ4n) is 4.64. The lowest BCUT2D eigenvalue weighted by Gasteiger charge is -2.24. The van der Waals surface area contributed by atoms with E-state index >= 15 is 0 Å². The van der Waals surface area contributed by atoms with Gasteiger partial charge in [0, 0.05) is 36.7 Å². The quantitative estimate of drug-likeness (QED) is 0.298. The van der Waals surface area contributed by atoms with Crippen molar-refractivity contribution >= 4 is 27.3 Å². The zero-order valence-electron chi connectivity index (χ0n) is 24.5. The monoisotopic (exact) mass is 581 g/mol. The van der Waals surface area contributed by atoms with Gasteiger partial charge in [-0.3, -0.25) is 14.5 Å². The number of pyridine rings is 1. The predicted octanol–water partition coefficient (Wildman–Crippen LogP) is 6.08. The molecule has 0 saturated carbocycles. The molecule has 1 aliphatic rings. The van der Waals surface area contributed by atoms with Crippen LogP contribution in [0.2, 0.25) is 0 Å². The number of sulfonamides is 1. The highest BCUT2D eigenvalue weighted by Gasteiger charge is 2.23. The Bertz CT molecular complexity index is 1510. The third-order valence-corrected chi connectivity index (χ3v) is 7.59. The number of carbonyl (C=O) groups excluding carboxylic acids is 1. The van der Waals surface area contributed by atoms with Crippen LogP contribution in [0.5, 0.6) is 17.2 Å². The Morgan fingerprint density at radius 2 is 1.88 bits per heavy atom. The normalized spacial score (nSPS) is 15.4. The molecule has 1 fully saturated rings. The van der Waals surface area contributed by atoms with Gasteiger partial charge in [0.05, 0.1) is 24.7 Å². The molecule has 2 heterocycles. The molecule has 1 aromatic heterocycles. The Kier molecular flexibility index (Phi) is 9.24. The number of aryl methyl sites for hydroxylation is 2. The molecule has 2 aromatic carbocycles. The highest BCUT2D eigenvalue weighted by Crippen LogP contribution is 2.39. The number of ether oxygens (including phenoxy) is 3. The minimum Gasteiger partial charge on any atom is -0.492 e. The number of rotatable bonds is 10. The number of nitrogens with zero attached hydrogens (tertiary/aromatic N) is 1. The number of carbonyl (C=O) groups is 1. The van der Waals surface area contributed by atoms with Gasteiger partial charge in [0.15, 0.2) is 5.75 Å². The van der Waals surface area contributed by atoms with Crippen LogP contribution in [0.25, 0.3) is 0 Å². The summed E-state index contributed by atoms with van der Waals surface area (Å²) in [6.45, 7) is 9.56. The smallest absolute Gasteiger partial charge is 0.255 e. The van der Waals surface area contributed by atoms with E-state index in [2.05, 4.69) is 15.0 Å². The highest BCUT2D eigenvalue weighted by molar-refractivity contribution is 7.92. The fourth-order valence-corrected chi connectivity index (χ4v) is 5.19. The summed E-state index contributed by atoms with van der Waals surface area (Å²) in [5, 5.41) is 2.90. The predicted molar refractivity (Wildman–Crippen MR) is 161 cm³/mol. The molecule has 0 radical (unpaired) electrons. The summed E-state index contributed by atoms with van der Waals surface area (Å²) in [6.07, 6.45) is 5.76. The molecule has 4 rings (SSSR count). The van der Waals surface area contributed by atoms with Crippen molar-refractivity contribution in [1.82, 2.24) is 4.98 Å². The van der Waals surface area contributed by atoms with Gasteiger partial charge in [-0.15, -0.1) is 0 Å². The van der Waals surface area contributed by atoms with Gasteiger partial charge < -0.3 is 19.5 Å². The van der Waals surface area contributed by atoms with Crippen molar-refractivity contribution in [3.63, 3.8) is 0 Å². The summed E-state index contributed by atoms with van der Waals surface area (Å²) < 4.78 is 43.8. The van der Waals surface area contributed by atoms with Crippen molar-refractivity contribution in [3.8, 4) is 17.2 Å². The minimum atomic E-state index is -3.59. The van der Waals surface area contributed by atoms with Gasteiger partial charge in [-0.2, -0.15) is 0 Å². The van der Waals surface area contributed by atoms with Crippen LogP contribution in [0.1, 0.15) is 60.8 Å².